The van der Waals surface area contributed by atoms with Crippen molar-refractivity contribution in [1.29, 1.82) is 0 Å². The highest BCUT2D eigenvalue weighted by Gasteiger charge is 2.12. The minimum atomic E-state index is -0.412. The lowest BCUT2D eigenvalue weighted by Gasteiger charge is -2.05. The van der Waals surface area contributed by atoms with E-state index in [0.717, 1.165) is 5.56 Å². The largest absolute Gasteiger partial charge is 0.383 e. The van der Waals surface area contributed by atoms with Gasteiger partial charge < -0.3 is 5.32 Å². The first-order valence-corrected chi connectivity index (χ1v) is 4.98. The van der Waals surface area contributed by atoms with Crippen molar-refractivity contribution >= 4 is 11.4 Å². The summed E-state index contributed by atoms with van der Waals surface area (Å²) in [6.45, 7) is 0.534. The van der Waals surface area contributed by atoms with Crippen LogP contribution in [0.4, 0.5) is 11.4 Å². The van der Waals surface area contributed by atoms with Gasteiger partial charge in [-0.2, -0.15) is 5.10 Å². The molecule has 0 aliphatic carbocycles. The first kappa shape index (κ1) is 11.1. The molecule has 2 rings (SSSR count). The molecule has 88 valence electrons. The van der Waals surface area contributed by atoms with Crippen molar-refractivity contribution < 1.29 is 4.92 Å². The number of rotatable bonds is 4. The Morgan fingerprint density at radius 1 is 1.53 bits per heavy atom. The third-order valence-corrected chi connectivity index (χ3v) is 2.34. The number of hydrogen-bond donors (Lipinski definition) is 1. The van der Waals surface area contributed by atoms with Crippen LogP contribution in [0.5, 0.6) is 0 Å². The molecule has 1 heterocycles. The topological polar surface area (TPSA) is 85.9 Å². The number of nitro groups is 1. The number of anilines is 1. The van der Waals surface area contributed by atoms with Crippen LogP contribution in [0, 0.1) is 10.1 Å². The second kappa shape index (κ2) is 4.60. The summed E-state index contributed by atoms with van der Waals surface area (Å²) in [6, 6.07) is 4.93. The van der Waals surface area contributed by atoms with Crippen molar-refractivity contribution in [3.8, 4) is 0 Å². The molecule has 0 saturated heterocycles. The third kappa shape index (κ3) is 2.39. The van der Waals surface area contributed by atoms with E-state index >= 15 is 0 Å². The Balaban J connectivity index is 2.28. The minimum absolute atomic E-state index is 0.0647. The van der Waals surface area contributed by atoms with Gasteiger partial charge in [-0.1, -0.05) is 6.07 Å². The quantitative estimate of drug-likeness (QED) is 0.635. The van der Waals surface area contributed by atoms with Crippen LogP contribution < -0.4 is 5.32 Å². The Kier molecular flexibility index (Phi) is 2.99. The molecule has 0 spiro atoms. The van der Waals surface area contributed by atoms with Gasteiger partial charge >= 0.3 is 0 Å². The second-order valence-electron chi connectivity index (χ2n) is 3.45. The van der Waals surface area contributed by atoms with Crippen LogP contribution in [0.25, 0.3) is 0 Å². The molecule has 2 aromatic rings. The number of aromatic nitrogens is 3. The lowest BCUT2D eigenvalue weighted by atomic mass is 10.1. The highest BCUT2D eigenvalue weighted by atomic mass is 16.6. The Bertz CT molecular complexity index is 523. The van der Waals surface area contributed by atoms with Crippen molar-refractivity contribution in [3.05, 3.63) is 46.5 Å². The average molecular weight is 233 g/mol. The summed E-state index contributed by atoms with van der Waals surface area (Å²) in [7, 11) is 1.65. The van der Waals surface area contributed by atoms with E-state index in [9.17, 15) is 10.1 Å². The predicted molar refractivity (Wildman–Crippen MR) is 61.8 cm³/mol. The fourth-order valence-electron chi connectivity index (χ4n) is 1.54. The number of nitro benzene ring substituents is 1. The van der Waals surface area contributed by atoms with E-state index in [4.69, 9.17) is 0 Å². The highest BCUT2D eigenvalue weighted by molar-refractivity contribution is 5.62. The number of nitrogens with one attached hydrogen (secondary N) is 1. The summed E-state index contributed by atoms with van der Waals surface area (Å²) in [4.78, 5) is 14.2. The molecule has 0 saturated carbocycles. The molecule has 0 amide bonds. The summed E-state index contributed by atoms with van der Waals surface area (Å²) in [5.41, 5.74) is 1.48. The molecule has 0 radical (unpaired) electrons. The lowest BCUT2D eigenvalue weighted by Crippen LogP contribution is -2.02. The van der Waals surface area contributed by atoms with Gasteiger partial charge in [0.2, 0.25) is 0 Å². The van der Waals surface area contributed by atoms with Gasteiger partial charge in [-0.25, -0.2) is 9.67 Å². The van der Waals surface area contributed by atoms with Gasteiger partial charge in [-0.05, 0) is 11.6 Å². The van der Waals surface area contributed by atoms with E-state index in [2.05, 4.69) is 15.4 Å². The molecule has 0 atom stereocenters. The van der Waals surface area contributed by atoms with Crippen molar-refractivity contribution in [2.45, 2.75) is 6.54 Å². The molecule has 0 aliphatic rings. The molecular formula is C10H11N5O2. The Morgan fingerprint density at radius 2 is 2.35 bits per heavy atom. The molecule has 0 aliphatic heterocycles. The molecular weight excluding hydrogens is 222 g/mol. The smallest absolute Gasteiger partial charge is 0.292 e. The fourth-order valence-corrected chi connectivity index (χ4v) is 1.54. The Morgan fingerprint density at radius 3 is 2.94 bits per heavy atom. The molecule has 17 heavy (non-hydrogen) atoms. The number of benzene rings is 1. The second-order valence-corrected chi connectivity index (χ2v) is 3.45. The van der Waals surface area contributed by atoms with E-state index < -0.39 is 4.92 Å². The van der Waals surface area contributed by atoms with E-state index in [-0.39, 0.29) is 5.69 Å². The molecule has 1 aromatic carbocycles. The van der Waals surface area contributed by atoms with Crippen LogP contribution in [0.2, 0.25) is 0 Å². The summed E-state index contributed by atoms with van der Waals surface area (Å²) < 4.78 is 1.65. The fraction of sp³-hybridized carbons (Fsp3) is 0.200. The van der Waals surface area contributed by atoms with E-state index in [0.29, 0.717) is 12.2 Å². The highest BCUT2D eigenvalue weighted by Crippen LogP contribution is 2.25. The van der Waals surface area contributed by atoms with Crippen molar-refractivity contribution in [2.75, 3.05) is 12.4 Å². The first-order chi connectivity index (χ1) is 8.20. The summed E-state index contributed by atoms with van der Waals surface area (Å²) in [5, 5.41) is 17.5. The van der Waals surface area contributed by atoms with E-state index in [1.165, 1.54) is 12.4 Å². The van der Waals surface area contributed by atoms with Gasteiger partial charge in [0.15, 0.2) is 0 Å². The molecule has 0 bridgehead atoms. The molecule has 7 heteroatoms. The van der Waals surface area contributed by atoms with Crippen LogP contribution in [0.1, 0.15) is 5.56 Å². The molecule has 0 unspecified atom stereocenters. The average Bonchev–Trinajstić information content (AvgIpc) is 2.81. The number of nitrogens with zero attached hydrogens (tertiary/aromatic N) is 4. The normalized spacial score (nSPS) is 10.2. The maximum atomic E-state index is 10.7. The van der Waals surface area contributed by atoms with Gasteiger partial charge in [-0.15, -0.1) is 0 Å². The van der Waals surface area contributed by atoms with E-state index in [1.54, 1.807) is 30.2 Å². The summed E-state index contributed by atoms with van der Waals surface area (Å²) >= 11 is 0. The number of hydrogen-bond acceptors (Lipinski definition) is 5. The standard InChI is InChI=1S/C10H11N5O2/c1-11-9-4-8(2-3-10(9)15(16)17)5-14-7-12-6-13-14/h2-4,6-7,11H,5H2,1H3. The van der Waals surface area contributed by atoms with Crippen molar-refractivity contribution in [2.24, 2.45) is 0 Å². The Hall–Kier alpha value is -2.44. The van der Waals surface area contributed by atoms with Gasteiger partial charge in [0.05, 0.1) is 11.5 Å². The predicted octanol–water partition coefficient (Wildman–Crippen LogP) is 1.28. The first-order valence-electron chi connectivity index (χ1n) is 4.98. The van der Waals surface area contributed by atoms with Crippen LogP contribution in [-0.2, 0) is 6.54 Å². The zero-order chi connectivity index (χ0) is 12.3. The molecule has 7 nitrogen and oxygen atoms in total. The summed E-state index contributed by atoms with van der Waals surface area (Å²) in [6.07, 6.45) is 3.05. The van der Waals surface area contributed by atoms with Gasteiger partial charge in [0.25, 0.3) is 5.69 Å². The third-order valence-electron chi connectivity index (χ3n) is 2.34. The zero-order valence-corrected chi connectivity index (χ0v) is 9.20. The van der Waals surface area contributed by atoms with Crippen LogP contribution in [0.3, 0.4) is 0 Å². The Labute approximate surface area is 97.2 Å². The van der Waals surface area contributed by atoms with Crippen LogP contribution in [0.15, 0.2) is 30.9 Å². The van der Waals surface area contributed by atoms with Crippen molar-refractivity contribution in [1.82, 2.24) is 14.8 Å². The maximum absolute atomic E-state index is 10.7. The molecule has 1 aromatic heterocycles. The SMILES string of the molecule is CNc1cc(Cn2cncn2)ccc1[N+](=O)[O-]. The maximum Gasteiger partial charge on any atom is 0.292 e. The molecule has 1 N–H and O–H groups in total. The van der Waals surface area contributed by atoms with Gasteiger partial charge in [0.1, 0.15) is 18.3 Å². The zero-order valence-electron chi connectivity index (χ0n) is 9.20. The van der Waals surface area contributed by atoms with Gasteiger partial charge in [0, 0.05) is 13.1 Å². The van der Waals surface area contributed by atoms with E-state index in [1.807, 2.05) is 0 Å². The van der Waals surface area contributed by atoms with Crippen LogP contribution in [-0.4, -0.2) is 26.7 Å². The lowest BCUT2D eigenvalue weighted by molar-refractivity contribution is -0.383. The summed E-state index contributed by atoms with van der Waals surface area (Å²) in [5.74, 6) is 0. The van der Waals surface area contributed by atoms with Crippen molar-refractivity contribution in [3.63, 3.8) is 0 Å². The minimum Gasteiger partial charge on any atom is -0.383 e. The monoisotopic (exact) mass is 233 g/mol. The molecule has 0 fully saturated rings. The van der Waals surface area contributed by atoms with Gasteiger partial charge in [-0.3, -0.25) is 10.1 Å². The van der Waals surface area contributed by atoms with Crippen LogP contribution >= 0.6 is 0 Å².